The van der Waals surface area contributed by atoms with E-state index in [9.17, 15) is 0 Å². The number of para-hydroxylation sites is 1. The topological polar surface area (TPSA) is 16.1 Å². The van der Waals surface area contributed by atoms with E-state index in [0.717, 1.165) is 17.8 Å². The minimum atomic E-state index is 0.472. The summed E-state index contributed by atoms with van der Waals surface area (Å²) in [5, 5.41) is 1.24. The lowest BCUT2D eigenvalue weighted by Gasteiger charge is -2.36. The van der Waals surface area contributed by atoms with Gasteiger partial charge in [-0.15, -0.1) is 11.6 Å². The number of rotatable bonds is 2. The highest BCUT2D eigenvalue weighted by Crippen LogP contribution is 2.31. The smallest absolute Gasteiger partial charge is 0.0726 e. The number of hydrogen-bond donors (Lipinski definition) is 0. The highest BCUT2D eigenvalue weighted by atomic mass is 35.5. The maximum Gasteiger partial charge on any atom is 0.0726 e. The average Bonchev–Trinajstić information content (AvgIpc) is 2.46. The Morgan fingerprint density at radius 2 is 2.16 bits per heavy atom. The van der Waals surface area contributed by atoms with E-state index < -0.39 is 0 Å². The van der Waals surface area contributed by atoms with Gasteiger partial charge in [-0.2, -0.15) is 0 Å². The predicted molar refractivity (Wildman–Crippen MR) is 82.0 cm³/mol. The fourth-order valence-corrected chi connectivity index (χ4v) is 3.11. The third-order valence-corrected chi connectivity index (χ3v) is 4.27. The molecule has 2 aromatic rings. The number of piperidine rings is 1. The quantitative estimate of drug-likeness (QED) is 0.757. The first-order valence-electron chi connectivity index (χ1n) is 7.01. The van der Waals surface area contributed by atoms with Crippen molar-refractivity contribution in [3.8, 4) is 0 Å². The molecule has 1 aliphatic heterocycles. The summed E-state index contributed by atoms with van der Waals surface area (Å²) >= 11 is 5.99. The van der Waals surface area contributed by atoms with Crippen LogP contribution in [-0.4, -0.2) is 17.6 Å². The molecule has 3 heteroatoms. The van der Waals surface area contributed by atoms with Crippen molar-refractivity contribution in [1.82, 2.24) is 4.98 Å². The molecular formula is C16H19ClN2. The van der Waals surface area contributed by atoms with Gasteiger partial charge in [0.25, 0.3) is 0 Å². The van der Waals surface area contributed by atoms with Gasteiger partial charge >= 0.3 is 0 Å². The van der Waals surface area contributed by atoms with Gasteiger partial charge in [0.05, 0.1) is 17.1 Å². The van der Waals surface area contributed by atoms with E-state index in [4.69, 9.17) is 11.6 Å². The number of halogens is 1. The van der Waals surface area contributed by atoms with Crippen molar-refractivity contribution in [3.05, 3.63) is 36.0 Å². The van der Waals surface area contributed by atoms with Crippen LogP contribution in [-0.2, 0) is 5.88 Å². The van der Waals surface area contributed by atoms with Gasteiger partial charge in [-0.05, 0) is 38.3 Å². The lowest BCUT2D eigenvalue weighted by molar-refractivity contribution is 0.485. The molecule has 0 saturated carbocycles. The Hall–Kier alpha value is -1.28. The number of alkyl halides is 1. The largest absolute Gasteiger partial charge is 0.368 e. The van der Waals surface area contributed by atoms with Crippen LogP contribution in [0.1, 0.15) is 31.9 Å². The summed E-state index contributed by atoms with van der Waals surface area (Å²) in [5.41, 5.74) is 3.31. The van der Waals surface area contributed by atoms with Crippen LogP contribution in [0.2, 0.25) is 0 Å². The molecule has 0 bridgehead atoms. The molecule has 1 atom stereocenters. The van der Waals surface area contributed by atoms with Gasteiger partial charge in [-0.25, -0.2) is 0 Å². The summed E-state index contributed by atoms with van der Waals surface area (Å²) in [7, 11) is 0. The summed E-state index contributed by atoms with van der Waals surface area (Å²) in [4.78, 5) is 7.13. The molecule has 19 heavy (non-hydrogen) atoms. The van der Waals surface area contributed by atoms with Crippen LogP contribution < -0.4 is 4.90 Å². The van der Waals surface area contributed by atoms with Gasteiger partial charge < -0.3 is 4.90 Å². The molecule has 0 aliphatic carbocycles. The molecule has 3 rings (SSSR count). The van der Waals surface area contributed by atoms with Crippen molar-refractivity contribution in [2.45, 2.75) is 38.1 Å². The zero-order chi connectivity index (χ0) is 13.2. The molecule has 0 N–H and O–H groups in total. The van der Waals surface area contributed by atoms with Crippen molar-refractivity contribution in [2.24, 2.45) is 0 Å². The number of aromatic nitrogens is 1. The Labute approximate surface area is 119 Å². The van der Waals surface area contributed by atoms with Crippen LogP contribution in [0.25, 0.3) is 10.9 Å². The lowest BCUT2D eigenvalue weighted by atomic mass is 10.0. The Bertz CT molecular complexity index is 582. The van der Waals surface area contributed by atoms with E-state index in [-0.39, 0.29) is 0 Å². The summed E-state index contributed by atoms with van der Waals surface area (Å²) in [6, 6.07) is 11.1. The molecule has 0 spiro atoms. The fourth-order valence-electron chi connectivity index (χ4n) is 2.97. The SMILES string of the molecule is CC1CCCCN1c1cc(CCl)nc2ccccc12. The molecule has 1 aromatic carbocycles. The second kappa shape index (κ2) is 5.38. The summed E-state index contributed by atoms with van der Waals surface area (Å²) in [6.45, 7) is 3.45. The van der Waals surface area contributed by atoms with Crippen molar-refractivity contribution in [2.75, 3.05) is 11.4 Å². The molecule has 1 unspecified atom stereocenters. The molecule has 2 heterocycles. The second-order valence-electron chi connectivity index (χ2n) is 5.32. The van der Waals surface area contributed by atoms with Gasteiger partial charge in [0, 0.05) is 23.7 Å². The van der Waals surface area contributed by atoms with Crippen molar-refractivity contribution >= 4 is 28.2 Å². The summed E-state index contributed by atoms with van der Waals surface area (Å²) < 4.78 is 0. The Balaban J connectivity index is 2.14. The number of benzene rings is 1. The molecule has 1 aliphatic rings. The average molecular weight is 275 g/mol. The first-order valence-corrected chi connectivity index (χ1v) is 7.54. The van der Waals surface area contributed by atoms with E-state index >= 15 is 0 Å². The maximum atomic E-state index is 5.99. The molecule has 0 amide bonds. The summed E-state index contributed by atoms with van der Waals surface area (Å²) in [6.07, 6.45) is 3.88. The third-order valence-electron chi connectivity index (χ3n) is 4.00. The van der Waals surface area contributed by atoms with Crippen LogP contribution in [0, 0.1) is 0 Å². The molecule has 2 nitrogen and oxygen atoms in total. The van der Waals surface area contributed by atoms with Gasteiger partial charge in [0.2, 0.25) is 0 Å². The van der Waals surface area contributed by atoms with Crippen molar-refractivity contribution in [3.63, 3.8) is 0 Å². The first kappa shape index (κ1) is 12.7. The zero-order valence-electron chi connectivity index (χ0n) is 11.3. The summed E-state index contributed by atoms with van der Waals surface area (Å²) in [5.74, 6) is 0.472. The fraction of sp³-hybridized carbons (Fsp3) is 0.438. The molecule has 0 radical (unpaired) electrons. The Morgan fingerprint density at radius 3 is 2.95 bits per heavy atom. The first-order chi connectivity index (χ1) is 9.29. The Morgan fingerprint density at radius 1 is 1.32 bits per heavy atom. The van der Waals surface area contributed by atoms with Crippen LogP contribution in [0.3, 0.4) is 0 Å². The number of fused-ring (bicyclic) bond motifs is 1. The third kappa shape index (κ3) is 2.42. The van der Waals surface area contributed by atoms with E-state index in [0.29, 0.717) is 11.9 Å². The second-order valence-corrected chi connectivity index (χ2v) is 5.59. The minimum absolute atomic E-state index is 0.472. The van der Waals surface area contributed by atoms with Crippen LogP contribution >= 0.6 is 11.6 Å². The predicted octanol–water partition coefficient (Wildman–Crippen LogP) is 4.35. The highest BCUT2D eigenvalue weighted by molar-refractivity contribution is 6.17. The Kier molecular flexibility index (Phi) is 3.61. The van der Waals surface area contributed by atoms with Gasteiger partial charge in [0.15, 0.2) is 0 Å². The van der Waals surface area contributed by atoms with Gasteiger partial charge in [-0.3, -0.25) is 4.98 Å². The standard InChI is InChI=1S/C16H19ClN2/c1-12-6-4-5-9-19(12)16-10-13(11-17)18-15-8-3-2-7-14(15)16/h2-3,7-8,10,12H,4-6,9,11H2,1H3. The van der Waals surface area contributed by atoms with Gasteiger partial charge in [-0.1, -0.05) is 18.2 Å². The van der Waals surface area contributed by atoms with Crippen LogP contribution in [0.5, 0.6) is 0 Å². The lowest BCUT2D eigenvalue weighted by Crippen LogP contribution is -2.37. The number of nitrogens with zero attached hydrogens (tertiary/aromatic N) is 2. The molecule has 1 aromatic heterocycles. The number of pyridine rings is 1. The molecule has 1 saturated heterocycles. The van der Waals surface area contributed by atoms with E-state index in [1.165, 1.54) is 30.3 Å². The minimum Gasteiger partial charge on any atom is -0.368 e. The normalized spacial score (nSPS) is 19.9. The van der Waals surface area contributed by atoms with Crippen molar-refractivity contribution < 1.29 is 0 Å². The number of anilines is 1. The molecule has 1 fully saturated rings. The van der Waals surface area contributed by atoms with E-state index in [1.54, 1.807) is 0 Å². The number of hydrogen-bond acceptors (Lipinski definition) is 2. The molecular weight excluding hydrogens is 256 g/mol. The van der Waals surface area contributed by atoms with E-state index in [1.807, 2.05) is 6.07 Å². The van der Waals surface area contributed by atoms with Crippen LogP contribution in [0.4, 0.5) is 5.69 Å². The zero-order valence-corrected chi connectivity index (χ0v) is 12.0. The molecule has 100 valence electrons. The highest BCUT2D eigenvalue weighted by Gasteiger charge is 2.21. The maximum absolute atomic E-state index is 5.99. The monoisotopic (exact) mass is 274 g/mol. The van der Waals surface area contributed by atoms with E-state index in [2.05, 4.69) is 41.1 Å². The van der Waals surface area contributed by atoms with Crippen LogP contribution in [0.15, 0.2) is 30.3 Å². The van der Waals surface area contributed by atoms with Crippen molar-refractivity contribution in [1.29, 1.82) is 0 Å². The van der Waals surface area contributed by atoms with Gasteiger partial charge in [0.1, 0.15) is 0 Å².